The largest absolute Gasteiger partial charge is 0.491 e. The Labute approximate surface area is 204 Å². The van der Waals surface area contributed by atoms with Crippen molar-refractivity contribution < 1.29 is 17.9 Å². The van der Waals surface area contributed by atoms with Crippen molar-refractivity contribution in [3.8, 4) is 11.5 Å². The monoisotopic (exact) mass is 509 g/mol. The zero-order valence-corrected chi connectivity index (χ0v) is 20.8. The molecule has 3 aromatic rings. The van der Waals surface area contributed by atoms with Crippen LogP contribution >= 0.6 is 23.2 Å². The minimum atomic E-state index is -3.90. The number of rotatable bonds is 10. The molecule has 2 aromatic carbocycles. The fourth-order valence-electron chi connectivity index (χ4n) is 2.91. The van der Waals surface area contributed by atoms with Crippen LogP contribution in [0.25, 0.3) is 0 Å². The molecule has 176 valence electrons. The van der Waals surface area contributed by atoms with Crippen LogP contribution in [-0.4, -0.2) is 45.5 Å². The molecular formula is C23H25Cl2N3O4S. The molecule has 10 heteroatoms. The number of sulfonamides is 1. The van der Waals surface area contributed by atoms with Crippen LogP contribution in [0, 0.1) is 6.92 Å². The van der Waals surface area contributed by atoms with E-state index in [2.05, 4.69) is 9.71 Å². The van der Waals surface area contributed by atoms with Crippen molar-refractivity contribution in [3.63, 3.8) is 0 Å². The topological polar surface area (TPSA) is 80.8 Å². The van der Waals surface area contributed by atoms with Crippen molar-refractivity contribution in [2.75, 3.05) is 32.0 Å². The summed E-state index contributed by atoms with van der Waals surface area (Å²) < 4.78 is 40.1. The molecule has 0 spiro atoms. The molecule has 0 fully saturated rings. The summed E-state index contributed by atoms with van der Waals surface area (Å²) in [7, 11) is 0.0260. The van der Waals surface area contributed by atoms with Crippen LogP contribution < -0.4 is 14.2 Å². The van der Waals surface area contributed by atoms with E-state index < -0.39 is 10.0 Å². The first-order valence-electron chi connectivity index (χ1n) is 10.1. The number of likely N-dealkylation sites (N-methyl/N-ethyl adjacent to an activating group) is 1. The van der Waals surface area contributed by atoms with Crippen LogP contribution in [-0.2, 0) is 16.6 Å². The third kappa shape index (κ3) is 6.74. The summed E-state index contributed by atoms with van der Waals surface area (Å²) in [6.45, 7) is 3.08. The van der Waals surface area contributed by atoms with Crippen molar-refractivity contribution in [3.05, 3.63) is 76.0 Å². The molecule has 0 aliphatic rings. The molecule has 0 radical (unpaired) electrons. The number of hydrogen-bond acceptors (Lipinski definition) is 6. The Hall–Kier alpha value is -2.52. The lowest BCUT2D eigenvalue weighted by Crippen LogP contribution is -2.19. The van der Waals surface area contributed by atoms with E-state index in [9.17, 15) is 8.42 Å². The molecular weight excluding hydrogens is 485 g/mol. The van der Waals surface area contributed by atoms with Crippen LogP contribution in [0.1, 0.15) is 11.1 Å². The van der Waals surface area contributed by atoms with Gasteiger partial charge in [-0.05, 0) is 56.4 Å². The second kappa shape index (κ2) is 11.1. The Morgan fingerprint density at radius 2 is 1.82 bits per heavy atom. The number of ether oxygens (including phenoxy) is 2. The maximum Gasteiger partial charge on any atom is 0.262 e. The molecule has 3 rings (SSSR count). The SMILES string of the molecule is Cc1c(Cl)cccc1S(=O)(=O)Nc1cnccc1OCc1ccc(Cl)c(OCCN(C)C)c1. The predicted octanol–water partition coefficient (Wildman–Crippen LogP) is 5.02. The molecule has 1 N–H and O–H groups in total. The average Bonchev–Trinajstić information content (AvgIpc) is 2.76. The number of pyridine rings is 1. The first kappa shape index (κ1) is 25.1. The summed E-state index contributed by atoms with van der Waals surface area (Å²) in [6, 6.07) is 11.7. The summed E-state index contributed by atoms with van der Waals surface area (Å²) in [5, 5.41) is 0.874. The number of nitrogens with zero attached hydrogens (tertiary/aromatic N) is 2. The molecule has 0 saturated heterocycles. The second-order valence-electron chi connectivity index (χ2n) is 7.55. The zero-order valence-electron chi connectivity index (χ0n) is 18.5. The van der Waals surface area contributed by atoms with Crippen LogP contribution in [0.4, 0.5) is 5.69 Å². The lowest BCUT2D eigenvalue weighted by atomic mass is 10.2. The number of benzene rings is 2. The molecule has 0 unspecified atom stereocenters. The van der Waals surface area contributed by atoms with Gasteiger partial charge in [-0.1, -0.05) is 35.3 Å². The van der Waals surface area contributed by atoms with Gasteiger partial charge in [-0.2, -0.15) is 0 Å². The highest BCUT2D eigenvalue weighted by Gasteiger charge is 2.20. The zero-order chi connectivity index (χ0) is 24.0. The maximum absolute atomic E-state index is 12.9. The number of anilines is 1. The summed E-state index contributed by atoms with van der Waals surface area (Å²) in [6.07, 6.45) is 2.92. The molecule has 0 bridgehead atoms. The van der Waals surface area contributed by atoms with Gasteiger partial charge in [0.1, 0.15) is 30.4 Å². The highest BCUT2D eigenvalue weighted by atomic mass is 35.5. The highest BCUT2D eigenvalue weighted by Crippen LogP contribution is 2.30. The number of hydrogen-bond donors (Lipinski definition) is 1. The van der Waals surface area contributed by atoms with Crippen molar-refractivity contribution in [2.24, 2.45) is 0 Å². The molecule has 0 amide bonds. The standard InChI is InChI=1S/C23H25Cl2N3O4S/c1-16-18(24)5-4-6-23(16)33(29,30)27-20-14-26-10-9-21(20)32-15-17-7-8-19(25)22(13-17)31-12-11-28(2)3/h4-10,13-14,27H,11-12,15H2,1-3H3. The van der Waals surface area contributed by atoms with Gasteiger partial charge in [0.05, 0.1) is 16.1 Å². The number of nitrogens with one attached hydrogen (secondary N) is 1. The Balaban J connectivity index is 1.75. The Morgan fingerprint density at radius 1 is 1.03 bits per heavy atom. The molecule has 0 aliphatic carbocycles. The smallest absolute Gasteiger partial charge is 0.262 e. The van der Waals surface area contributed by atoms with E-state index in [1.807, 2.05) is 25.1 Å². The molecule has 0 saturated carbocycles. The Bertz CT molecular complexity index is 1220. The van der Waals surface area contributed by atoms with E-state index in [0.717, 1.165) is 12.1 Å². The van der Waals surface area contributed by atoms with E-state index >= 15 is 0 Å². The van der Waals surface area contributed by atoms with Gasteiger partial charge >= 0.3 is 0 Å². The fourth-order valence-corrected chi connectivity index (χ4v) is 4.64. The Kier molecular flexibility index (Phi) is 8.42. The third-order valence-electron chi connectivity index (χ3n) is 4.72. The summed E-state index contributed by atoms with van der Waals surface area (Å²) in [5.74, 6) is 0.894. The van der Waals surface area contributed by atoms with Crippen molar-refractivity contribution in [1.29, 1.82) is 0 Å². The Morgan fingerprint density at radius 3 is 2.58 bits per heavy atom. The minimum Gasteiger partial charge on any atom is -0.491 e. The van der Waals surface area contributed by atoms with Gasteiger partial charge in [0.25, 0.3) is 10.0 Å². The van der Waals surface area contributed by atoms with E-state index in [0.29, 0.717) is 33.7 Å². The van der Waals surface area contributed by atoms with Gasteiger partial charge in [-0.25, -0.2) is 8.42 Å². The molecule has 1 aromatic heterocycles. The van der Waals surface area contributed by atoms with E-state index in [1.54, 1.807) is 37.3 Å². The van der Waals surface area contributed by atoms with Crippen molar-refractivity contribution in [1.82, 2.24) is 9.88 Å². The van der Waals surface area contributed by atoms with Crippen molar-refractivity contribution in [2.45, 2.75) is 18.4 Å². The van der Waals surface area contributed by atoms with E-state index in [4.69, 9.17) is 32.7 Å². The summed E-state index contributed by atoms with van der Waals surface area (Å²) in [4.78, 5) is 6.11. The van der Waals surface area contributed by atoms with Gasteiger partial charge in [0.2, 0.25) is 0 Å². The molecule has 0 aliphatic heterocycles. The molecule has 33 heavy (non-hydrogen) atoms. The normalized spacial score (nSPS) is 11.5. The predicted molar refractivity (Wildman–Crippen MR) is 131 cm³/mol. The average molecular weight is 510 g/mol. The highest BCUT2D eigenvalue weighted by molar-refractivity contribution is 7.92. The fraction of sp³-hybridized carbons (Fsp3) is 0.261. The first-order valence-corrected chi connectivity index (χ1v) is 12.3. The van der Waals surface area contributed by atoms with Gasteiger partial charge in [0, 0.05) is 23.8 Å². The first-order chi connectivity index (χ1) is 15.7. The lowest BCUT2D eigenvalue weighted by Gasteiger charge is -2.15. The van der Waals surface area contributed by atoms with Gasteiger partial charge in [0.15, 0.2) is 0 Å². The van der Waals surface area contributed by atoms with Crippen molar-refractivity contribution >= 4 is 38.9 Å². The van der Waals surface area contributed by atoms with Crippen LogP contribution in [0.2, 0.25) is 10.0 Å². The van der Waals surface area contributed by atoms with Crippen LogP contribution in [0.5, 0.6) is 11.5 Å². The minimum absolute atomic E-state index is 0.0852. The molecule has 1 heterocycles. The maximum atomic E-state index is 12.9. The van der Waals surface area contributed by atoms with Gasteiger partial charge < -0.3 is 14.4 Å². The number of halogens is 2. The molecule has 0 atom stereocenters. The van der Waals surface area contributed by atoms with E-state index in [-0.39, 0.29) is 17.2 Å². The number of aromatic nitrogens is 1. The van der Waals surface area contributed by atoms with Crippen LogP contribution in [0.3, 0.4) is 0 Å². The summed E-state index contributed by atoms with van der Waals surface area (Å²) in [5.41, 5.74) is 1.49. The quantitative estimate of drug-likeness (QED) is 0.413. The summed E-state index contributed by atoms with van der Waals surface area (Å²) >= 11 is 12.3. The second-order valence-corrected chi connectivity index (χ2v) is 10.0. The van der Waals surface area contributed by atoms with Crippen LogP contribution in [0.15, 0.2) is 59.8 Å². The molecule has 7 nitrogen and oxygen atoms in total. The third-order valence-corrected chi connectivity index (χ3v) is 6.95. The van der Waals surface area contributed by atoms with E-state index in [1.165, 1.54) is 18.5 Å². The lowest BCUT2D eigenvalue weighted by molar-refractivity contribution is 0.260. The van der Waals surface area contributed by atoms with Gasteiger partial charge in [-0.3, -0.25) is 9.71 Å². The van der Waals surface area contributed by atoms with Gasteiger partial charge in [-0.15, -0.1) is 0 Å².